The molecule has 0 spiro atoms. The van der Waals surface area contributed by atoms with Crippen molar-refractivity contribution in [3.05, 3.63) is 21.9 Å². The molecule has 1 aliphatic rings. The number of rotatable bonds is 3. The van der Waals surface area contributed by atoms with E-state index in [9.17, 15) is 9.90 Å². The Balaban J connectivity index is 2.16. The molecule has 2 rings (SSSR count). The van der Waals surface area contributed by atoms with Gasteiger partial charge >= 0.3 is 5.97 Å². The number of carboxylic acids is 1. The van der Waals surface area contributed by atoms with E-state index in [1.165, 1.54) is 9.75 Å². The minimum Gasteiger partial charge on any atom is -0.480 e. The van der Waals surface area contributed by atoms with Crippen molar-refractivity contribution in [2.75, 3.05) is 6.54 Å². The SMILES string of the molecule is Cc1ccc(C(C)N2CCCCC2C(=O)O)s1. The van der Waals surface area contributed by atoms with E-state index in [1.807, 2.05) is 0 Å². The number of likely N-dealkylation sites (tertiary alicyclic amines) is 1. The number of nitrogens with zero attached hydrogens (tertiary/aromatic N) is 1. The van der Waals surface area contributed by atoms with Gasteiger partial charge in [-0.05, 0) is 45.4 Å². The van der Waals surface area contributed by atoms with Gasteiger partial charge in [-0.25, -0.2) is 0 Å². The lowest BCUT2D eigenvalue weighted by Gasteiger charge is -2.37. The van der Waals surface area contributed by atoms with E-state index in [1.54, 1.807) is 11.3 Å². The van der Waals surface area contributed by atoms with E-state index >= 15 is 0 Å². The largest absolute Gasteiger partial charge is 0.480 e. The van der Waals surface area contributed by atoms with Crippen LogP contribution in [-0.2, 0) is 4.79 Å². The molecule has 2 unspecified atom stereocenters. The summed E-state index contributed by atoms with van der Waals surface area (Å²) in [5.74, 6) is -0.676. The van der Waals surface area contributed by atoms with Crippen molar-refractivity contribution in [2.24, 2.45) is 0 Å². The van der Waals surface area contributed by atoms with Crippen LogP contribution in [0.5, 0.6) is 0 Å². The third-order valence-electron chi connectivity index (χ3n) is 3.50. The lowest BCUT2D eigenvalue weighted by atomic mass is 10.00. The van der Waals surface area contributed by atoms with Crippen LogP contribution < -0.4 is 0 Å². The summed E-state index contributed by atoms with van der Waals surface area (Å²) >= 11 is 1.77. The number of piperidine rings is 1. The molecule has 0 aromatic carbocycles. The van der Waals surface area contributed by atoms with E-state index < -0.39 is 5.97 Å². The first-order valence-corrected chi connectivity index (χ1v) is 6.96. The summed E-state index contributed by atoms with van der Waals surface area (Å²) in [6.45, 7) is 5.10. The molecule has 94 valence electrons. The van der Waals surface area contributed by atoms with Crippen molar-refractivity contribution in [3.8, 4) is 0 Å². The zero-order chi connectivity index (χ0) is 12.4. The second-order valence-electron chi connectivity index (χ2n) is 4.71. The van der Waals surface area contributed by atoms with Crippen molar-refractivity contribution in [1.82, 2.24) is 4.90 Å². The summed E-state index contributed by atoms with van der Waals surface area (Å²) in [6.07, 6.45) is 2.92. The molecule has 0 bridgehead atoms. The fourth-order valence-electron chi connectivity index (χ4n) is 2.52. The van der Waals surface area contributed by atoms with Gasteiger partial charge in [-0.3, -0.25) is 9.69 Å². The minimum atomic E-state index is -0.676. The highest BCUT2D eigenvalue weighted by atomic mass is 32.1. The fourth-order valence-corrected chi connectivity index (χ4v) is 3.47. The molecular formula is C13H19NO2S. The first-order chi connectivity index (χ1) is 8.09. The van der Waals surface area contributed by atoms with Gasteiger partial charge in [0.05, 0.1) is 0 Å². The highest BCUT2D eigenvalue weighted by Crippen LogP contribution is 2.32. The Morgan fingerprint density at radius 2 is 2.29 bits per heavy atom. The molecule has 0 aliphatic carbocycles. The summed E-state index contributed by atoms with van der Waals surface area (Å²) in [7, 11) is 0. The van der Waals surface area contributed by atoms with Crippen LogP contribution in [0.3, 0.4) is 0 Å². The number of aryl methyl sites for hydroxylation is 1. The zero-order valence-electron chi connectivity index (χ0n) is 10.3. The van der Waals surface area contributed by atoms with Crippen molar-refractivity contribution in [2.45, 2.75) is 45.2 Å². The van der Waals surface area contributed by atoms with Crippen molar-refractivity contribution in [3.63, 3.8) is 0 Å². The minimum absolute atomic E-state index is 0.218. The van der Waals surface area contributed by atoms with E-state index in [2.05, 4.69) is 30.9 Å². The van der Waals surface area contributed by atoms with Gasteiger partial charge in [-0.15, -0.1) is 11.3 Å². The molecule has 1 aromatic heterocycles. The molecule has 1 saturated heterocycles. The monoisotopic (exact) mass is 253 g/mol. The molecule has 3 nitrogen and oxygen atoms in total. The number of thiophene rings is 1. The van der Waals surface area contributed by atoms with Crippen LogP contribution in [0.4, 0.5) is 0 Å². The summed E-state index contributed by atoms with van der Waals surface area (Å²) in [6, 6.07) is 4.14. The molecule has 2 atom stereocenters. The van der Waals surface area contributed by atoms with Crippen LogP contribution in [0.25, 0.3) is 0 Å². The highest BCUT2D eigenvalue weighted by Gasteiger charge is 2.32. The maximum Gasteiger partial charge on any atom is 0.320 e. The first-order valence-electron chi connectivity index (χ1n) is 6.14. The van der Waals surface area contributed by atoms with E-state index in [0.717, 1.165) is 25.8 Å². The van der Waals surface area contributed by atoms with E-state index in [-0.39, 0.29) is 12.1 Å². The topological polar surface area (TPSA) is 40.5 Å². The molecule has 4 heteroatoms. The molecule has 0 radical (unpaired) electrons. The van der Waals surface area contributed by atoms with Crippen LogP contribution >= 0.6 is 11.3 Å². The Bertz CT molecular complexity index is 402. The van der Waals surface area contributed by atoms with E-state index in [0.29, 0.717) is 0 Å². The lowest BCUT2D eigenvalue weighted by Crippen LogP contribution is -2.45. The number of carboxylic acid groups (broad SMARTS) is 1. The van der Waals surface area contributed by atoms with E-state index in [4.69, 9.17) is 0 Å². The Labute approximate surface area is 106 Å². The van der Waals surface area contributed by atoms with Gasteiger partial charge in [0, 0.05) is 15.8 Å². The smallest absolute Gasteiger partial charge is 0.320 e. The Kier molecular flexibility index (Phi) is 3.84. The standard InChI is InChI=1S/C13H19NO2S/c1-9-6-7-12(17-9)10(2)14-8-4-3-5-11(14)13(15)16/h6-7,10-11H,3-5,8H2,1-2H3,(H,15,16). The van der Waals surface area contributed by atoms with Gasteiger partial charge in [0.1, 0.15) is 6.04 Å². The van der Waals surface area contributed by atoms with Crippen molar-refractivity contribution < 1.29 is 9.90 Å². The third-order valence-corrected chi connectivity index (χ3v) is 4.67. The summed E-state index contributed by atoms with van der Waals surface area (Å²) in [4.78, 5) is 16.0. The second-order valence-corrected chi connectivity index (χ2v) is 6.03. The number of hydrogen-bond donors (Lipinski definition) is 1. The maximum absolute atomic E-state index is 11.3. The molecule has 0 saturated carbocycles. The average Bonchev–Trinajstić information content (AvgIpc) is 2.75. The zero-order valence-corrected chi connectivity index (χ0v) is 11.2. The van der Waals surface area contributed by atoms with Gasteiger partial charge in [0.2, 0.25) is 0 Å². The summed E-state index contributed by atoms with van der Waals surface area (Å²) in [5, 5.41) is 9.27. The van der Waals surface area contributed by atoms with Crippen LogP contribution in [0.2, 0.25) is 0 Å². The number of hydrogen-bond acceptors (Lipinski definition) is 3. The normalized spacial score (nSPS) is 23.5. The molecule has 0 amide bonds. The number of carbonyl (C=O) groups is 1. The van der Waals surface area contributed by atoms with Crippen LogP contribution in [0.15, 0.2) is 12.1 Å². The predicted octanol–water partition coefficient (Wildman–Crippen LogP) is 3.06. The molecular weight excluding hydrogens is 234 g/mol. The third kappa shape index (κ3) is 2.69. The summed E-state index contributed by atoms with van der Waals surface area (Å²) < 4.78 is 0. The molecule has 1 N–H and O–H groups in total. The Morgan fingerprint density at radius 3 is 2.88 bits per heavy atom. The molecule has 1 fully saturated rings. The van der Waals surface area contributed by atoms with Crippen LogP contribution in [0, 0.1) is 6.92 Å². The fraction of sp³-hybridized carbons (Fsp3) is 0.615. The summed E-state index contributed by atoms with van der Waals surface area (Å²) in [5.41, 5.74) is 0. The maximum atomic E-state index is 11.3. The Morgan fingerprint density at radius 1 is 1.53 bits per heavy atom. The van der Waals surface area contributed by atoms with Gasteiger partial charge in [0.15, 0.2) is 0 Å². The van der Waals surface area contributed by atoms with Crippen LogP contribution in [0.1, 0.15) is 42.0 Å². The second kappa shape index (κ2) is 5.19. The van der Waals surface area contributed by atoms with Gasteiger partial charge < -0.3 is 5.11 Å². The first kappa shape index (κ1) is 12.6. The molecule has 1 aliphatic heterocycles. The lowest BCUT2D eigenvalue weighted by molar-refractivity contribution is -0.145. The average molecular weight is 253 g/mol. The van der Waals surface area contributed by atoms with Crippen molar-refractivity contribution in [1.29, 1.82) is 0 Å². The molecule has 1 aromatic rings. The van der Waals surface area contributed by atoms with Gasteiger partial charge in [-0.1, -0.05) is 6.42 Å². The Hall–Kier alpha value is -0.870. The quantitative estimate of drug-likeness (QED) is 0.900. The van der Waals surface area contributed by atoms with Crippen LogP contribution in [-0.4, -0.2) is 28.6 Å². The van der Waals surface area contributed by atoms with Gasteiger partial charge in [0.25, 0.3) is 0 Å². The van der Waals surface area contributed by atoms with Gasteiger partial charge in [-0.2, -0.15) is 0 Å². The highest BCUT2D eigenvalue weighted by molar-refractivity contribution is 7.12. The van der Waals surface area contributed by atoms with Crippen molar-refractivity contribution >= 4 is 17.3 Å². The molecule has 17 heavy (non-hydrogen) atoms. The molecule has 2 heterocycles. The number of aliphatic carboxylic acids is 1. The predicted molar refractivity (Wildman–Crippen MR) is 69.5 cm³/mol.